The Kier molecular flexibility index (Phi) is 4.97. The van der Waals surface area contributed by atoms with E-state index in [0.29, 0.717) is 12.5 Å². The predicted molar refractivity (Wildman–Crippen MR) is 78.2 cm³/mol. The summed E-state index contributed by atoms with van der Waals surface area (Å²) in [5.41, 5.74) is 2.42. The molecule has 1 aromatic rings. The number of aryl methyl sites for hydroxylation is 1. The quantitative estimate of drug-likeness (QED) is 0.898. The molecule has 0 saturated carbocycles. The molecular weight excluding hydrogens is 236 g/mol. The fourth-order valence-electron chi connectivity index (χ4n) is 2.51. The average molecular weight is 260 g/mol. The molecule has 19 heavy (non-hydrogen) atoms. The monoisotopic (exact) mass is 260 g/mol. The van der Waals surface area contributed by atoms with Crippen LogP contribution in [0.2, 0.25) is 0 Å². The Bertz CT molecular complexity index is 405. The molecule has 1 fully saturated rings. The van der Waals surface area contributed by atoms with Gasteiger partial charge in [-0.1, -0.05) is 31.2 Å². The van der Waals surface area contributed by atoms with E-state index < -0.39 is 0 Å². The van der Waals surface area contributed by atoms with Crippen molar-refractivity contribution in [3.05, 3.63) is 35.4 Å². The fraction of sp³-hybridized carbons (Fsp3) is 0.562. The van der Waals surface area contributed by atoms with Crippen LogP contribution in [0, 0.1) is 0 Å². The van der Waals surface area contributed by atoms with Crippen molar-refractivity contribution in [2.75, 3.05) is 20.1 Å². The Morgan fingerprint density at radius 2 is 1.79 bits per heavy atom. The smallest absolute Gasteiger partial charge is 0.224 e. The first kappa shape index (κ1) is 14.1. The van der Waals surface area contributed by atoms with Gasteiger partial charge in [0.1, 0.15) is 0 Å². The Hall–Kier alpha value is -1.35. The Morgan fingerprint density at radius 3 is 2.37 bits per heavy atom. The lowest BCUT2D eigenvalue weighted by Gasteiger charge is -2.29. The summed E-state index contributed by atoms with van der Waals surface area (Å²) in [5.74, 6) is 0.152. The SMILES string of the molecule is CCc1ccc(CC(=O)NC2CCN(C)CC2)cc1. The van der Waals surface area contributed by atoms with Gasteiger partial charge in [0.25, 0.3) is 0 Å². The van der Waals surface area contributed by atoms with E-state index in [-0.39, 0.29) is 5.91 Å². The predicted octanol–water partition coefficient (Wildman–Crippen LogP) is 2.00. The molecule has 0 bridgehead atoms. The third-order valence-electron chi connectivity index (χ3n) is 3.88. The second-order valence-electron chi connectivity index (χ2n) is 5.49. The number of carbonyl (C=O) groups is 1. The van der Waals surface area contributed by atoms with Gasteiger partial charge in [-0.2, -0.15) is 0 Å². The lowest BCUT2D eigenvalue weighted by atomic mass is 10.0. The van der Waals surface area contributed by atoms with E-state index in [1.807, 2.05) is 0 Å². The molecule has 1 aliphatic heterocycles. The molecule has 0 unspecified atom stereocenters. The minimum atomic E-state index is 0.152. The Labute approximate surface area is 116 Å². The van der Waals surface area contributed by atoms with Crippen LogP contribution in [-0.2, 0) is 17.6 Å². The standard InChI is InChI=1S/C16H24N2O/c1-3-13-4-6-14(7-5-13)12-16(19)17-15-8-10-18(2)11-9-15/h4-7,15H,3,8-12H2,1-2H3,(H,17,19). The largest absolute Gasteiger partial charge is 0.353 e. The van der Waals surface area contributed by atoms with Crippen molar-refractivity contribution in [3.8, 4) is 0 Å². The minimum absolute atomic E-state index is 0.152. The second kappa shape index (κ2) is 6.71. The van der Waals surface area contributed by atoms with Crippen LogP contribution in [0.4, 0.5) is 0 Å². The highest BCUT2D eigenvalue weighted by atomic mass is 16.1. The van der Waals surface area contributed by atoms with Gasteiger partial charge < -0.3 is 10.2 Å². The molecule has 1 aromatic carbocycles. The molecule has 1 N–H and O–H groups in total. The number of hydrogen-bond acceptors (Lipinski definition) is 2. The summed E-state index contributed by atoms with van der Waals surface area (Å²) in [6, 6.07) is 8.70. The fourth-order valence-corrected chi connectivity index (χ4v) is 2.51. The molecule has 1 saturated heterocycles. The normalized spacial score (nSPS) is 17.4. The van der Waals surface area contributed by atoms with E-state index in [1.54, 1.807) is 0 Å². The molecule has 104 valence electrons. The molecule has 1 amide bonds. The number of carbonyl (C=O) groups excluding carboxylic acids is 1. The molecule has 1 aliphatic rings. The van der Waals surface area contributed by atoms with E-state index in [4.69, 9.17) is 0 Å². The average Bonchev–Trinajstić information content (AvgIpc) is 2.42. The van der Waals surface area contributed by atoms with Crippen LogP contribution in [0.1, 0.15) is 30.9 Å². The van der Waals surface area contributed by atoms with Gasteiger partial charge in [0.15, 0.2) is 0 Å². The van der Waals surface area contributed by atoms with Crippen LogP contribution in [0.3, 0.4) is 0 Å². The van der Waals surface area contributed by atoms with Gasteiger partial charge in [0.05, 0.1) is 6.42 Å². The summed E-state index contributed by atoms with van der Waals surface area (Å²) in [7, 11) is 2.13. The van der Waals surface area contributed by atoms with E-state index in [0.717, 1.165) is 37.9 Å². The van der Waals surface area contributed by atoms with Crippen molar-refractivity contribution in [2.45, 2.75) is 38.6 Å². The Balaban J connectivity index is 1.80. The lowest BCUT2D eigenvalue weighted by molar-refractivity contribution is -0.121. The summed E-state index contributed by atoms with van der Waals surface area (Å²) in [6.07, 6.45) is 3.67. The molecular formula is C16H24N2O. The number of likely N-dealkylation sites (tertiary alicyclic amines) is 1. The van der Waals surface area contributed by atoms with Crippen LogP contribution < -0.4 is 5.32 Å². The van der Waals surface area contributed by atoms with Crippen LogP contribution in [-0.4, -0.2) is 37.0 Å². The minimum Gasteiger partial charge on any atom is -0.353 e. The number of hydrogen-bond donors (Lipinski definition) is 1. The Morgan fingerprint density at radius 1 is 1.21 bits per heavy atom. The second-order valence-corrected chi connectivity index (χ2v) is 5.49. The molecule has 0 atom stereocenters. The summed E-state index contributed by atoms with van der Waals surface area (Å²) >= 11 is 0. The van der Waals surface area contributed by atoms with Crippen molar-refractivity contribution < 1.29 is 4.79 Å². The van der Waals surface area contributed by atoms with Crippen molar-refractivity contribution in [1.82, 2.24) is 10.2 Å². The van der Waals surface area contributed by atoms with Crippen LogP contribution >= 0.6 is 0 Å². The molecule has 2 rings (SSSR count). The van der Waals surface area contributed by atoms with Crippen LogP contribution in [0.25, 0.3) is 0 Å². The van der Waals surface area contributed by atoms with Crippen molar-refractivity contribution in [3.63, 3.8) is 0 Å². The van der Waals surface area contributed by atoms with Gasteiger partial charge in [-0.15, -0.1) is 0 Å². The summed E-state index contributed by atoms with van der Waals surface area (Å²) in [5, 5.41) is 3.15. The van der Waals surface area contributed by atoms with E-state index >= 15 is 0 Å². The highest BCUT2D eigenvalue weighted by Crippen LogP contribution is 2.09. The maximum Gasteiger partial charge on any atom is 0.224 e. The molecule has 1 heterocycles. The molecule has 0 aliphatic carbocycles. The lowest BCUT2D eigenvalue weighted by Crippen LogP contribution is -2.43. The van der Waals surface area contributed by atoms with Gasteiger partial charge in [0, 0.05) is 6.04 Å². The zero-order chi connectivity index (χ0) is 13.7. The van der Waals surface area contributed by atoms with Crippen LogP contribution in [0.15, 0.2) is 24.3 Å². The van der Waals surface area contributed by atoms with Gasteiger partial charge in [-0.25, -0.2) is 0 Å². The highest BCUT2D eigenvalue weighted by Gasteiger charge is 2.18. The molecule has 0 spiro atoms. The maximum atomic E-state index is 12.0. The maximum absolute atomic E-state index is 12.0. The number of piperidine rings is 1. The number of rotatable bonds is 4. The molecule has 0 radical (unpaired) electrons. The van der Waals surface area contributed by atoms with Gasteiger partial charge in [-0.3, -0.25) is 4.79 Å². The van der Waals surface area contributed by atoms with E-state index in [1.165, 1.54) is 5.56 Å². The first-order valence-electron chi connectivity index (χ1n) is 7.23. The van der Waals surface area contributed by atoms with Gasteiger partial charge in [-0.05, 0) is 50.5 Å². The van der Waals surface area contributed by atoms with Crippen molar-refractivity contribution >= 4 is 5.91 Å². The summed E-state index contributed by atoms with van der Waals surface area (Å²) in [4.78, 5) is 14.3. The number of amides is 1. The molecule has 3 heteroatoms. The third-order valence-corrected chi connectivity index (χ3v) is 3.88. The number of benzene rings is 1. The van der Waals surface area contributed by atoms with Gasteiger partial charge in [0.2, 0.25) is 5.91 Å². The first-order valence-corrected chi connectivity index (χ1v) is 7.23. The topological polar surface area (TPSA) is 32.3 Å². The first-order chi connectivity index (χ1) is 9.17. The zero-order valence-corrected chi connectivity index (χ0v) is 12.0. The highest BCUT2D eigenvalue weighted by molar-refractivity contribution is 5.78. The van der Waals surface area contributed by atoms with E-state index in [2.05, 4.69) is 48.5 Å². The molecule has 3 nitrogen and oxygen atoms in total. The molecule has 0 aromatic heterocycles. The van der Waals surface area contributed by atoms with Crippen molar-refractivity contribution in [2.24, 2.45) is 0 Å². The van der Waals surface area contributed by atoms with E-state index in [9.17, 15) is 4.79 Å². The number of nitrogens with one attached hydrogen (secondary N) is 1. The van der Waals surface area contributed by atoms with Crippen molar-refractivity contribution in [1.29, 1.82) is 0 Å². The summed E-state index contributed by atoms with van der Waals surface area (Å²) in [6.45, 7) is 4.30. The third kappa shape index (κ3) is 4.35. The van der Waals surface area contributed by atoms with Gasteiger partial charge >= 0.3 is 0 Å². The van der Waals surface area contributed by atoms with Crippen LogP contribution in [0.5, 0.6) is 0 Å². The number of nitrogens with zero attached hydrogens (tertiary/aromatic N) is 1. The zero-order valence-electron chi connectivity index (χ0n) is 12.0. The summed E-state index contributed by atoms with van der Waals surface area (Å²) < 4.78 is 0.